The van der Waals surface area contributed by atoms with Gasteiger partial charge in [-0.1, -0.05) is 6.07 Å². The number of likely N-dealkylation sites (N-methyl/N-ethyl adjacent to an activating group) is 1. The molecule has 0 bridgehead atoms. The molecule has 1 amide bonds. The highest BCUT2D eigenvalue weighted by molar-refractivity contribution is 5.94. The van der Waals surface area contributed by atoms with Crippen LogP contribution in [0, 0.1) is 12.8 Å². The maximum atomic E-state index is 12.7. The van der Waals surface area contributed by atoms with Crippen LogP contribution in [0.4, 0.5) is 0 Å². The first-order valence-electron chi connectivity index (χ1n) is 9.53. The summed E-state index contributed by atoms with van der Waals surface area (Å²) in [6.45, 7) is 5.19. The SMILES string of the molecule is Cc1ccc(C(=O)N2CC3(C[C@@H](COc4ccccn4)CCN3C)C2)cn1. The predicted molar refractivity (Wildman–Crippen MR) is 103 cm³/mol. The van der Waals surface area contributed by atoms with E-state index in [0.717, 1.165) is 38.2 Å². The molecule has 2 saturated heterocycles. The average Bonchev–Trinajstić information content (AvgIpc) is 2.66. The summed E-state index contributed by atoms with van der Waals surface area (Å²) in [7, 11) is 2.17. The summed E-state index contributed by atoms with van der Waals surface area (Å²) in [5.74, 6) is 1.25. The molecule has 0 saturated carbocycles. The minimum atomic E-state index is 0.0736. The first kappa shape index (κ1) is 17.9. The topological polar surface area (TPSA) is 58.6 Å². The lowest BCUT2D eigenvalue weighted by Gasteiger charge is -2.58. The van der Waals surface area contributed by atoms with Crippen LogP contribution in [0.3, 0.4) is 0 Å². The Morgan fingerprint density at radius 1 is 1.26 bits per heavy atom. The Morgan fingerprint density at radius 2 is 2.11 bits per heavy atom. The van der Waals surface area contributed by atoms with E-state index in [1.807, 2.05) is 42.2 Å². The number of hydrogen-bond donors (Lipinski definition) is 0. The highest BCUT2D eigenvalue weighted by Gasteiger charge is 2.51. The van der Waals surface area contributed by atoms with Crippen LogP contribution in [-0.2, 0) is 0 Å². The molecule has 2 fully saturated rings. The molecule has 0 unspecified atom stereocenters. The third-order valence-electron chi connectivity index (χ3n) is 5.87. The summed E-state index contributed by atoms with van der Waals surface area (Å²) in [5, 5.41) is 0. The number of amides is 1. The minimum absolute atomic E-state index is 0.0736. The molecule has 4 rings (SSSR count). The zero-order valence-electron chi connectivity index (χ0n) is 16.0. The zero-order chi connectivity index (χ0) is 18.9. The molecule has 1 spiro atoms. The van der Waals surface area contributed by atoms with E-state index in [2.05, 4.69) is 21.9 Å². The molecule has 0 radical (unpaired) electrons. The largest absolute Gasteiger partial charge is 0.477 e. The van der Waals surface area contributed by atoms with E-state index in [0.29, 0.717) is 24.0 Å². The summed E-state index contributed by atoms with van der Waals surface area (Å²) >= 11 is 0. The molecule has 1 atom stereocenters. The first-order chi connectivity index (χ1) is 13.1. The van der Waals surface area contributed by atoms with Crippen molar-refractivity contribution in [3.05, 3.63) is 54.0 Å². The van der Waals surface area contributed by atoms with Gasteiger partial charge >= 0.3 is 0 Å². The number of hydrogen-bond acceptors (Lipinski definition) is 5. The van der Waals surface area contributed by atoms with Crippen LogP contribution in [0.25, 0.3) is 0 Å². The van der Waals surface area contributed by atoms with Crippen molar-refractivity contribution in [1.82, 2.24) is 19.8 Å². The van der Waals surface area contributed by atoms with Gasteiger partial charge in [-0.05, 0) is 57.5 Å². The van der Waals surface area contributed by atoms with E-state index in [4.69, 9.17) is 4.74 Å². The van der Waals surface area contributed by atoms with Crippen molar-refractivity contribution in [1.29, 1.82) is 0 Å². The van der Waals surface area contributed by atoms with Crippen LogP contribution in [0.2, 0.25) is 0 Å². The summed E-state index contributed by atoms with van der Waals surface area (Å²) < 4.78 is 5.88. The molecular formula is C21H26N4O2. The number of rotatable bonds is 4. The maximum Gasteiger partial charge on any atom is 0.255 e. The molecule has 4 heterocycles. The quantitative estimate of drug-likeness (QED) is 0.832. The van der Waals surface area contributed by atoms with Gasteiger partial charge in [0.15, 0.2) is 0 Å². The highest BCUT2D eigenvalue weighted by Crippen LogP contribution is 2.38. The number of carbonyl (C=O) groups excluding carboxylic acids is 1. The Hall–Kier alpha value is -2.47. The lowest BCUT2D eigenvalue weighted by atomic mass is 9.75. The van der Waals surface area contributed by atoms with Crippen molar-refractivity contribution >= 4 is 5.91 Å². The van der Waals surface area contributed by atoms with Gasteiger partial charge in [0.1, 0.15) is 0 Å². The van der Waals surface area contributed by atoms with Crippen molar-refractivity contribution < 1.29 is 9.53 Å². The maximum absolute atomic E-state index is 12.7. The summed E-state index contributed by atoms with van der Waals surface area (Å²) in [4.78, 5) is 25.5. The number of likely N-dealkylation sites (tertiary alicyclic amines) is 2. The fourth-order valence-electron chi connectivity index (χ4n) is 4.14. The fraction of sp³-hybridized carbons (Fsp3) is 0.476. The van der Waals surface area contributed by atoms with Gasteiger partial charge < -0.3 is 9.64 Å². The number of piperidine rings is 1. The molecule has 2 aromatic rings. The van der Waals surface area contributed by atoms with Crippen LogP contribution >= 0.6 is 0 Å². The lowest BCUT2D eigenvalue weighted by molar-refractivity contribution is -0.0695. The van der Waals surface area contributed by atoms with Crippen LogP contribution in [0.15, 0.2) is 42.7 Å². The number of ether oxygens (including phenoxy) is 1. The van der Waals surface area contributed by atoms with Crippen LogP contribution in [0.5, 0.6) is 5.88 Å². The van der Waals surface area contributed by atoms with Gasteiger partial charge in [-0.15, -0.1) is 0 Å². The van der Waals surface area contributed by atoms with Gasteiger partial charge in [-0.25, -0.2) is 4.98 Å². The highest BCUT2D eigenvalue weighted by atomic mass is 16.5. The van der Waals surface area contributed by atoms with E-state index >= 15 is 0 Å². The van der Waals surface area contributed by atoms with Crippen molar-refractivity contribution in [2.24, 2.45) is 5.92 Å². The van der Waals surface area contributed by atoms with Gasteiger partial charge in [0.05, 0.1) is 17.7 Å². The van der Waals surface area contributed by atoms with Crippen molar-refractivity contribution in [2.45, 2.75) is 25.3 Å². The van der Waals surface area contributed by atoms with E-state index < -0.39 is 0 Å². The Kier molecular flexibility index (Phi) is 4.83. The zero-order valence-corrected chi connectivity index (χ0v) is 16.0. The number of carbonyl (C=O) groups is 1. The standard InChI is InChI=1S/C21H26N4O2/c1-16-6-7-18(12-23-16)20(26)25-14-21(15-25)11-17(8-10-24(21)2)13-27-19-5-3-4-9-22-19/h3-7,9,12,17H,8,10-11,13-15H2,1-2H3/t17-/m0/s1. The second-order valence-corrected chi connectivity index (χ2v) is 7.83. The van der Waals surface area contributed by atoms with Gasteiger partial charge in [0.2, 0.25) is 5.88 Å². The molecule has 2 aliphatic heterocycles. The van der Waals surface area contributed by atoms with Crippen LogP contribution in [-0.4, -0.2) is 64.5 Å². The van der Waals surface area contributed by atoms with Gasteiger partial charge in [0.25, 0.3) is 5.91 Å². The first-order valence-corrected chi connectivity index (χ1v) is 9.53. The molecule has 142 valence electrons. The number of aryl methyl sites for hydroxylation is 1. The van der Waals surface area contributed by atoms with Gasteiger partial charge in [0, 0.05) is 37.2 Å². The Balaban J connectivity index is 1.35. The second kappa shape index (κ2) is 7.27. The van der Waals surface area contributed by atoms with Crippen LogP contribution < -0.4 is 4.74 Å². The molecule has 2 aliphatic rings. The molecule has 0 aromatic carbocycles. The predicted octanol–water partition coefficient (Wildman–Crippen LogP) is 2.40. The smallest absolute Gasteiger partial charge is 0.255 e. The Labute approximate surface area is 160 Å². The molecule has 6 nitrogen and oxygen atoms in total. The van der Waals surface area contributed by atoms with Crippen molar-refractivity contribution in [3.63, 3.8) is 0 Å². The van der Waals surface area contributed by atoms with E-state index in [1.165, 1.54) is 0 Å². The molecule has 27 heavy (non-hydrogen) atoms. The molecular weight excluding hydrogens is 340 g/mol. The minimum Gasteiger partial charge on any atom is -0.477 e. The summed E-state index contributed by atoms with van der Waals surface area (Å²) in [5.41, 5.74) is 1.67. The molecule has 6 heteroatoms. The molecule has 0 aliphatic carbocycles. The summed E-state index contributed by atoms with van der Waals surface area (Å²) in [6, 6.07) is 9.48. The third kappa shape index (κ3) is 3.67. The monoisotopic (exact) mass is 366 g/mol. The number of nitrogens with zero attached hydrogens (tertiary/aromatic N) is 4. The second-order valence-electron chi connectivity index (χ2n) is 7.83. The Morgan fingerprint density at radius 3 is 2.81 bits per heavy atom. The fourth-order valence-corrected chi connectivity index (χ4v) is 4.14. The van der Waals surface area contributed by atoms with Crippen LogP contribution in [0.1, 0.15) is 28.9 Å². The van der Waals surface area contributed by atoms with E-state index in [9.17, 15) is 4.79 Å². The summed E-state index contributed by atoms with van der Waals surface area (Å²) in [6.07, 6.45) is 5.59. The molecule has 2 aromatic heterocycles. The Bertz CT molecular complexity index is 788. The normalized spacial score (nSPS) is 21.7. The molecule has 0 N–H and O–H groups in total. The number of pyridine rings is 2. The average molecular weight is 366 g/mol. The van der Waals surface area contributed by atoms with Crippen molar-refractivity contribution in [2.75, 3.05) is 33.3 Å². The third-order valence-corrected chi connectivity index (χ3v) is 5.87. The lowest BCUT2D eigenvalue weighted by Crippen LogP contribution is -2.72. The van der Waals surface area contributed by atoms with E-state index in [-0.39, 0.29) is 11.4 Å². The van der Waals surface area contributed by atoms with Crippen molar-refractivity contribution in [3.8, 4) is 5.88 Å². The van der Waals surface area contributed by atoms with E-state index in [1.54, 1.807) is 12.4 Å². The van der Waals surface area contributed by atoms with Gasteiger partial charge in [-0.2, -0.15) is 0 Å². The van der Waals surface area contributed by atoms with Gasteiger partial charge in [-0.3, -0.25) is 14.7 Å². The number of aromatic nitrogens is 2.